The zero-order chi connectivity index (χ0) is 18.6. The van der Waals surface area contributed by atoms with E-state index in [9.17, 15) is 0 Å². The zero-order valence-corrected chi connectivity index (χ0v) is 15.6. The van der Waals surface area contributed by atoms with Gasteiger partial charge in [-0.3, -0.25) is 4.90 Å². The van der Waals surface area contributed by atoms with E-state index in [0.29, 0.717) is 36.6 Å². The highest BCUT2D eigenvalue weighted by atomic mass is 16.6. The lowest BCUT2D eigenvalue weighted by molar-refractivity contribution is 0.150. The van der Waals surface area contributed by atoms with E-state index in [4.69, 9.17) is 15.2 Å². The predicted molar refractivity (Wildman–Crippen MR) is 106 cm³/mol. The summed E-state index contributed by atoms with van der Waals surface area (Å²) >= 11 is 0. The van der Waals surface area contributed by atoms with Crippen molar-refractivity contribution < 1.29 is 9.47 Å². The Hall–Kier alpha value is -2.71. The summed E-state index contributed by atoms with van der Waals surface area (Å²) in [5, 5.41) is 0. The number of likely N-dealkylation sites (tertiary alicyclic amines) is 1. The van der Waals surface area contributed by atoms with Crippen molar-refractivity contribution in [3.63, 3.8) is 0 Å². The molecule has 0 bridgehead atoms. The molecule has 0 amide bonds. The summed E-state index contributed by atoms with van der Waals surface area (Å²) in [6, 6.07) is 10.3. The minimum absolute atomic E-state index is 0.311. The van der Waals surface area contributed by atoms with Crippen LogP contribution in [-0.4, -0.2) is 36.2 Å². The fourth-order valence-corrected chi connectivity index (χ4v) is 3.70. The summed E-state index contributed by atoms with van der Waals surface area (Å²) in [5.74, 6) is 8.58. The fourth-order valence-electron chi connectivity index (χ4n) is 3.70. The molecule has 1 aromatic carbocycles. The van der Waals surface area contributed by atoms with Gasteiger partial charge >= 0.3 is 0 Å². The first-order valence-electron chi connectivity index (χ1n) is 9.56. The maximum Gasteiger partial charge on any atom is 0.161 e. The van der Waals surface area contributed by atoms with Crippen molar-refractivity contribution in [1.29, 1.82) is 0 Å². The number of benzene rings is 1. The molecule has 2 atom stereocenters. The predicted octanol–water partition coefficient (Wildman–Crippen LogP) is 3.26. The van der Waals surface area contributed by atoms with E-state index >= 15 is 0 Å². The quantitative estimate of drug-likeness (QED) is 0.830. The number of piperidine rings is 1. The zero-order valence-electron chi connectivity index (χ0n) is 15.6. The van der Waals surface area contributed by atoms with E-state index < -0.39 is 0 Å². The van der Waals surface area contributed by atoms with Gasteiger partial charge in [-0.05, 0) is 62.1 Å². The van der Waals surface area contributed by atoms with Crippen molar-refractivity contribution in [2.24, 2.45) is 5.92 Å². The third-order valence-electron chi connectivity index (χ3n) is 5.28. The van der Waals surface area contributed by atoms with Crippen molar-refractivity contribution in [3.8, 4) is 23.3 Å². The van der Waals surface area contributed by atoms with E-state index in [-0.39, 0.29) is 0 Å². The first kappa shape index (κ1) is 17.7. The Labute approximate surface area is 160 Å². The number of nitrogen functional groups attached to an aromatic ring is 1. The number of anilines is 1. The van der Waals surface area contributed by atoms with Crippen LogP contribution < -0.4 is 15.2 Å². The Balaban J connectivity index is 1.46. The molecule has 5 heteroatoms. The summed E-state index contributed by atoms with van der Waals surface area (Å²) in [5.41, 5.74) is 8.51. The molecule has 0 radical (unpaired) electrons. The van der Waals surface area contributed by atoms with Gasteiger partial charge in [-0.2, -0.15) is 0 Å². The average molecular weight is 363 g/mol. The second kappa shape index (κ2) is 7.89. The first-order chi connectivity index (χ1) is 13.2. The van der Waals surface area contributed by atoms with Gasteiger partial charge in [-0.15, -0.1) is 0 Å². The summed E-state index contributed by atoms with van der Waals surface area (Å²) in [7, 11) is 0. The molecule has 2 unspecified atom stereocenters. The maximum atomic E-state index is 5.95. The Morgan fingerprint density at radius 2 is 2.07 bits per heavy atom. The number of aromatic nitrogens is 1. The van der Waals surface area contributed by atoms with Crippen molar-refractivity contribution in [3.05, 3.63) is 47.8 Å². The largest absolute Gasteiger partial charge is 0.486 e. The third-order valence-corrected chi connectivity index (χ3v) is 5.28. The molecule has 0 saturated carbocycles. The standard InChI is InChI=1S/C22H25N3O2/c1-16(18-7-9-21-22(14-18)27-13-12-26-21)25-11-3-4-17(15-25)6-8-20-19(23)5-2-10-24-20/h2,5,7,9-10,14,16-17H,3-4,11-13,15,23H2,1H3. The molecule has 1 saturated heterocycles. The monoisotopic (exact) mass is 363 g/mol. The summed E-state index contributed by atoms with van der Waals surface area (Å²) < 4.78 is 11.4. The van der Waals surface area contributed by atoms with Gasteiger partial charge in [0, 0.05) is 24.7 Å². The Morgan fingerprint density at radius 1 is 1.22 bits per heavy atom. The van der Waals surface area contributed by atoms with E-state index in [1.807, 2.05) is 18.2 Å². The molecule has 3 heterocycles. The van der Waals surface area contributed by atoms with Crippen molar-refractivity contribution in [2.45, 2.75) is 25.8 Å². The van der Waals surface area contributed by atoms with Crippen LogP contribution in [0.2, 0.25) is 0 Å². The van der Waals surface area contributed by atoms with Crippen LogP contribution in [0.25, 0.3) is 0 Å². The van der Waals surface area contributed by atoms with Crippen molar-refractivity contribution in [2.75, 3.05) is 32.0 Å². The van der Waals surface area contributed by atoms with Gasteiger partial charge in [0.1, 0.15) is 18.9 Å². The van der Waals surface area contributed by atoms with Gasteiger partial charge < -0.3 is 15.2 Å². The first-order valence-corrected chi connectivity index (χ1v) is 9.56. The van der Waals surface area contributed by atoms with E-state index in [0.717, 1.165) is 37.4 Å². The molecule has 4 rings (SSSR count). The van der Waals surface area contributed by atoms with Crippen LogP contribution in [0.15, 0.2) is 36.5 Å². The minimum atomic E-state index is 0.311. The number of nitrogens with zero attached hydrogens (tertiary/aromatic N) is 2. The molecule has 140 valence electrons. The molecular weight excluding hydrogens is 338 g/mol. The summed E-state index contributed by atoms with van der Waals surface area (Å²) in [6.45, 7) is 5.52. The molecule has 1 fully saturated rings. The number of pyridine rings is 1. The van der Waals surface area contributed by atoms with Crippen LogP contribution in [0, 0.1) is 17.8 Å². The second-order valence-corrected chi connectivity index (χ2v) is 7.12. The van der Waals surface area contributed by atoms with E-state index in [1.165, 1.54) is 5.56 Å². The van der Waals surface area contributed by atoms with Gasteiger partial charge in [0.2, 0.25) is 0 Å². The fraction of sp³-hybridized carbons (Fsp3) is 0.409. The van der Waals surface area contributed by atoms with E-state index in [2.05, 4.69) is 40.8 Å². The Morgan fingerprint density at radius 3 is 2.93 bits per heavy atom. The van der Waals surface area contributed by atoms with Gasteiger partial charge in [-0.25, -0.2) is 4.98 Å². The van der Waals surface area contributed by atoms with Gasteiger partial charge in [0.05, 0.1) is 5.69 Å². The topological polar surface area (TPSA) is 60.6 Å². The van der Waals surface area contributed by atoms with Crippen molar-refractivity contribution >= 4 is 5.69 Å². The highest BCUT2D eigenvalue weighted by molar-refractivity contribution is 5.51. The molecule has 2 N–H and O–H groups in total. The normalized spacial score (nSPS) is 20.4. The summed E-state index contributed by atoms with van der Waals surface area (Å²) in [6.07, 6.45) is 3.99. The average Bonchev–Trinajstić information content (AvgIpc) is 2.72. The highest BCUT2D eigenvalue weighted by Crippen LogP contribution is 2.35. The van der Waals surface area contributed by atoms with Gasteiger partial charge in [0.25, 0.3) is 0 Å². The molecular formula is C22H25N3O2. The Kier molecular flexibility index (Phi) is 5.17. The number of ether oxygens (including phenoxy) is 2. The van der Waals surface area contributed by atoms with Gasteiger partial charge in [-0.1, -0.05) is 12.0 Å². The molecule has 0 spiro atoms. The lowest BCUT2D eigenvalue weighted by Gasteiger charge is -2.35. The number of hydrogen-bond acceptors (Lipinski definition) is 5. The summed E-state index contributed by atoms with van der Waals surface area (Å²) in [4.78, 5) is 6.76. The SMILES string of the molecule is CC(c1ccc2c(c1)OCCO2)N1CCCC(C#Cc2ncccc2N)C1. The number of hydrogen-bond donors (Lipinski definition) is 1. The molecule has 2 aliphatic heterocycles. The van der Waals surface area contributed by atoms with Crippen LogP contribution in [0.3, 0.4) is 0 Å². The smallest absolute Gasteiger partial charge is 0.161 e. The van der Waals surface area contributed by atoms with Crippen LogP contribution in [0.1, 0.15) is 37.1 Å². The Bertz CT molecular complexity index is 871. The molecule has 1 aromatic heterocycles. The molecule has 5 nitrogen and oxygen atoms in total. The van der Waals surface area contributed by atoms with Crippen LogP contribution in [-0.2, 0) is 0 Å². The minimum Gasteiger partial charge on any atom is -0.486 e. The third kappa shape index (κ3) is 4.01. The number of fused-ring (bicyclic) bond motifs is 1. The molecule has 27 heavy (non-hydrogen) atoms. The van der Waals surface area contributed by atoms with Crippen molar-refractivity contribution in [1.82, 2.24) is 9.88 Å². The van der Waals surface area contributed by atoms with Crippen LogP contribution in [0.4, 0.5) is 5.69 Å². The van der Waals surface area contributed by atoms with Gasteiger partial charge in [0.15, 0.2) is 11.5 Å². The number of rotatable bonds is 2. The lowest BCUT2D eigenvalue weighted by atomic mass is 9.95. The molecule has 2 aromatic rings. The second-order valence-electron chi connectivity index (χ2n) is 7.12. The van der Waals surface area contributed by atoms with Crippen LogP contribution >= 0.6 is 0 Å². The molecule has 0 aliphatic carbocycles. The number of nitrogens with two attached hydrogens (primary N) is 1. The van der Waals surface area contributed by atoms with E-state index in [1.54, 1.807) is 6.20 Å². The highest BCUT2D eigenvalue weighted by Gasteiger charge is 2.24. The maximum absolute atomic E-state index is 5.95. The lowest BCUT2D eigenvalue weighted by Crippen LogP contribution is -2.36. The molecule has 2 aliphatic rings. The van der Waals surface area contributed by atoms with Crippen LogP contribution in [0.5, 0.6) is 11.5 Å².